The highest BCUT2D eigenvalue weighted by molar-refractivity contribution is 6.46. The average Bonchev–Trinajstić information content (AvgIpc) is 3.06. The van der Waals surface area contributed by atoms with Crippen LogP contribution in [0.2, 0.25) is 0 Å². The molecule has 3 aromatic rings. The van der Waals surface area contributed by atoms with Crippen molar-refractivity contribution in [3.05, 3.63) is 94.6 Å². The van der Waals surface area contributed by atoms with Crippen LogP contribution >= 0.6 is 0 Å². The van der Waals surface area contributed by atoms with Crippen LogP contribution in [0.3, 0.4) is 0 Å². The third kappa shape index (κ3) is 3.73. The zero-order valence-corrected chi connectivity index (χ0v) is 18.1. The van der Waals surface area contributed by atoms with Gasteiger partial charge in [0.15, 0.2) is 0 Å². The van der Waals surface area contributed by atoms with Crippen molar-refractivity contribution in [3.8, 4) is 5.75 Å². The molecule has 1 aromatic carbocycles. The van der Waals surface area contributed by atoms with E-state index in [9.17, 15) is 14.7 Å². The number of rotatable bonds is 5. The van der Waals surface area contributed by atoms with Gasteiger partial charge in [0.1, 0.15) is 11.5 Å². The largest absolute Gasteiger partial charge is 0.507 e. The van der Waals surface area contributed by atoms with Crippen molar-refractivity contribution in [2.45, 2.75) is 26.4 Å². The van der Waals surface area contributed by atoms with Crippen molar-refractivity contribution < 1.29 is 19.4 Å². The van der Waals surface area contributed by atoms with Crippen LogP contribution in [0.15, 0.2) is 66.8 Å². The van der Waals surface area contributed by atoms with Crippen molar-refractivity contribution in [1.82, 2.24) is 14.9 Å². The number of ketones is 1. The van der Waals surface area contributed by atoms with Crippen LogP contribution < -0.4 is 4.74 Å². The van der Waals surface area contributed by atoms with Gasteiger partial charge in [-0.1, -0.05) is 6.07 Å². The number of aliphatic hydroxyl groups is 1. The molecule has 1 N–H and O–H groups in total. The fourth-order valence-electron chi connectivity index (χ4n) is 4.02. The number of aromatic nitrogens is 2. The van der Waals surface area contributed by atoms with Gasteiger partial charge in [-0.25, -0.2) is 0 Å². The van der Waals surface area contributed by atoms with Crippen LogP contribution in [0.4, 0.5) is 0 Å². The van der Waals surface area contributed by atoms with Gasteiger partial charge in [-0.2, -0.15) is 0 Å². The number of hydrogen-bond donors (Lipinski definition) is 1. The molecule has 1 saturated heterocycles. The second-order valence-corrected chi connectivity index (χ2v) is 7.71. The highest BCUT2D eigenvalue weighted by Crippen LogP contribution is 2.41. The summed E-state index contributed by atoms with van der Waals surface area (Å²) in [6.07, 6.45) is 6.49. The minimum atomic E-state index is -0.765. The molecular formula is C25H23N3O4. The monoisotopic (exact) mass is 429 g/mol. The van der Waals surface area contributed by atoms with Gasteiger partial charge in [0.2, 0.25) is 0 Å². The van der Waals surface area contributed by atoms with Gasteiger partial charge < -0.3 is 14.7 Å². The maximum Gasteiger partial charge on any atom is 0.295 e. The lowest BCUT2D eigenvalue weighted by atomic mass is 9.93. The van der Waals surface area contributed by atoms with Crippen LogP contribution in [0.5, 0.6) is 5.75 Å². The van der Waals surface area contributed by atoms with Crippen molar-refractivity contribution in [1.29, 1.82) is 0 Å². The quantitative estimate of drug-likeness (QED) is 0.378. The van der Waals surface area contributed by atoms with E-state index in [0.29, 0.717) is 16.9 Å². The molecule has 0 aliphatic carbocycles. The summed E-state index contributed by atoms with van der Waals surface area (Å²) in [5, 5.41) is 11.3. The van der Waals surface area contributed by atoms with Crippen LogP contribution in [0.1, 0.15) is 33.9 Å². The number of amides is 1. The number of likely N-dealkylation sites (tertiary alicyclic amines) is 1. The molecule has 2 aromatic heterocycles. The first kappa shape index (κ1) is 21.2. The Morgan fingerprint density at radius 1 is 1.06 bits per heavy atom. The number of carbonyl (C=O) groups excluding carboxylic acids is 2. The van der Waals surface area contributed by atoms with E-state index in [1.807, 2.05) is 13.8 Å². The lowest BCUT2D eigenvalue weighted by Gasteiger charge is -2.25. The minimum absolute atomic E-state index is 0.0460. The Morgan fingerprint density at radius 3 is 2.47 bits per heavy atom. The fraction of sp³-hybridized carbons (Fsp3) is 0.200. The van der Waals surface area contributed by atoms with E-state index < -0.39 is 17.7 Å². The van der Waals surface area contributed by atoms with Gasteiger partial charge in [0.05, 0.1) is 18.7 Å². The Bertz CT molecular complexity index is 1210. The number of hydrogen-bond acceptors (Lipinski definition) is 6. The molecule has 7 nitrogen and oxygen atoms in total. The number of aliphatic hydroxyl groups excluding tert-OH is 1. The average molecular weight is 429 g/mol. The lowest BCUT2D eigenvalue weighted by molar-refractivity contribution is -0.140. The number of methoxy groups -OCH3 is 1. The van der Waals surface area contributed by atoms with E-state index in [0.717, 1.165) is 16.7 Å². The molecule has 1 aliphatic heterocycles. The third-order valence-electron chi connectivity index (χ3n) is 5.64. The number of carbonyl (C=O) groups is 2. The van der Waals surface area contributed by atoms with Gasteiger partial charge in [-0.3, -0.25) is 19.6 Å². The molecule has 32 heavy (non-hydrogen) atoms. The predicted octanol–water partition coefficient (Wildman–Crippen LogP) is 3.72. The van der Waals surface area contributed by atoms with E-state index in [4.69, 9.17) is 4.74 Å². The summed E-state index contributed by atoms with van der Waals surface area (Å²) in [7, 11) is 1.58. The molecule has 1 aliphatic rings. The standard InChI is InChI=1S/C25H23N3O4/c1-15-12-20(32-3)16(2)11-19(15)23(29)21-22(18-5-4-8-27-13-18)28(25(31)24(21)30)14-17-6-9-26-10-7-17/h4-13,22,29H,14H2,1-3H3/b23-21+. The van der Waals surface area contributed by atoms with Gasteiger partial charge in [0.25, 0.3) is 11.7 Å². The molecule has 1 atom stereocenters. The smallest absolute Gasteiger partial charge is 0.295 e. The van der Waals surface area contributed by atoms with Crippen molar-refractivity contribution >= 4 is 17.4 Å². The maximum atomic E-state index is 13.2. The highest BCUT2D eigenvalue weighted by Gasteiger charge is 2.46. The van der Waals surface area contributed by atoms with Gasteiger partial charge >= 0.3 is 0 Å². The molecule has 162 valence electrons. The molecule has 0 radical (unpaired) electrons. The Hall–Kier alpha value is -4.00. The second kappa shape index (κ2) is 8.63. The molecule has 4 rings (SSSR count). The first-order chi connectivity index (χ1) is 15.4. The van der Waals surface area contributed by atoms with Gasteiger partial charge in [-0.05, 0) is 66.4 Å². The Labute approximate surface area is 186 Å². The van der Waals surface area contributed by atoms with Crippen molar-refractivity contribution in [2.75, 3.05) is 7.11 Å². The normalized spacial score (nSPS) is 17.6. The number of pyridine rings is 2. The first-order valence-electron chi connectivity index (χ1n) is 10.1. The third-order valence-corrected chi connectivity index (χ3v) is 5.64. The first-order valence-corrected chi connectivity index (χ1v) is 10.1. The zero-order valence-electron chi connectivity index (χ0n) is 18.1. The number of aryl methyl sites for hydroxylation is 2. The number of benzene rings is 1. The molecule has 7 heteroatoms. The second-order valence-electron chi connectivity index (χ2n) is 7.71. The predicted molar refractivity (Wildman–Crippen MR) is 119 cm³/mol. The maximum absolute atomic E-state index is 13.2. The summed E-state index contributed by atoms with van der Waals surface area (Å²) in [6, 6.07) is 9.91. The Kier molecular flexibility index (Phi) is 5.73. The lowest BCUT2D eigenvalue weighted by Crippen LogP contribution is -2.29. The van der Waals surface area contributed by atoms with Crippen LogP contribution in [0.25, 0.3) is 5.76 Å². The van der Waals surface area contributed by atoms with E-state index in [2.05, 4.69) is 9.97 Å². The molecule has 1 fully saturated rings. The topological polar surface area (TPSA) is 92.6 Å². The highest BCUT2D eigenvalue weighted by atomic mass is 16.5. The van der Waals surface area contributed by atoms with Gasteiger partial charge in [-0.15, -0.1) is 0 Å². The van der Waals surface area contributed by atoms with Crippen molar-refractivity contribution in [2.24, 2.45) is 0 Å². The molecule has 0 bridgehead atoms. The summed E-state index contributed by atoms with van der Waals surface area (Å²) >= 11 is 0. The van der Waals surface area contributed by atoms with Crippen LogP contribution in [0, 0.1) is 13.8 Å². The van der Waals surface area contributed by atoms with Crippen molar-refractivity contribution in [3.63, 3.8) is 0 Å². The van der Waals surface area contributed by atoms with E-state index in [-0.39, 0.29) is 17.9 Å². The van der Waals surface area contributed by atoms with Crippen LogP contribution in [-0.4, -0.2) is 38.8 Å². The van der Waals surface area contributed by atoms with E-state index in [1.54, 1.807) is 68.3 Å². The molecule has 1 unspecified atom stereocenters. The Morgan fingerprint density at radius 2 is 1.81 bits per heavy atom. The molecule has 0 spiro atoms. The zero-order chi connectivity index (χ0) is 22.8. The summed E-state index contributed by atoms with van der Waals surface area (Å²) in [4.78, 5) is 35.9. The van der Waals surface area contributed by atoms with Crippen LogP contribution in [-0.2, 0) is 16.1 Å². The fourth-order valence-corrected chi connectivity index (χ4v) is 4.02. The molecular weight excluding hydrogens is 406 g/mol. The molecule has 1 amide bonds. The number of nitrogens with zero attached hydrogens (tertiary/aromatic N) is 3. The van der Waals surface area contributed by atoms with E-state index >= 15 is 0 Å². The number of Topliss-reactive ketones (excluding diaryl/α,β-unsaturated/α-hetero) is 1. The minimum Gasteiger partial charge on any atom is -0.507 e. The molecule has 3 heterocycles. The van der Waals surface area contributed by atoms with Gasteiger partial charge in [0, 0.05) is 36.9 Å². The summed E-state index contributed by atoms with van der Waals surface area (Å²) in [6.45, 7) is 3.88. The Balaban J connectivity index is 1.89. The summed E-state index contributed by atoms with van der Waals surface area (Å²) < 4.78 is 5.36. The SMILES string of the molecule is COc1cc(C)c(/C(O)=C2\C(=O)C(=O)N(Cc3ccncc3)C2c2cccnc2)cc1C. The summed E-state index contributed by atoms with van der Waals surface area (Å²) in [5.74, 6) is -0.919. The van der Waals surface area contributed by atoms with E-state index in [1.165, 1.54) is 4.90 Å². The summed E-state index contributed by atoms with van der Waals surface area (Å²) in [5.41, 5.74) is 3.54. The molecule has 0 saturated carbocycles. The number of ether oxygens (including phenoxy) is 1.